The molecule has 0 saturated carbocycles. The Kier molecular flexibility index (Phi) is 9.74. The van der Waals surface area contributed by atoms with E-state index in [1.54, 1.807) is 43.4 Å². The van der Waals surface area contributed by atoms with Crippen molar-refractivity contribution in [2.24, 2.45) is 5.10 Å². The van der Waals surface area contributed by atoms with Crippen LogP contribution in [0.4, 0.5) is 0 Å². The molecule has 3 aromatic rings. The Balaban J connectivity index is 1.40. The van der Waals surface area contributed by atoms with E-state index >= 15 is 0 Å². The van der Waals surface area contributed by atoms with Gasteiger partial charge < -0.3 is 19.1 Å². The topological polar surface area (TPSA) is 83.9 Å². The molecule has 0 aliphatic carbocycles. The first-order chi connectivity index (χ1) is 20.4. The summed E-state index contributed by atoms with van der Waals surface area (Å²) < 4.78 is 16.0. The van der Waals surface area contributed by atoms with Crippen LogP contribution in [-0.4, -0.2) is 92.5 Å². The Morgan fingerprint density at radius 2 is 1.55 bits per heavy atom. The van der Waals surface area contributed by atoms with Crippen molar-refractivity contribution < 1.29 is 23.8 Å². The van der Waals surface area contributed by atoms with E-state index in [1.165, 1.54) is 5.01 Å². The van der Waals surface area contributed by atoms with E-state index in [1.807, 2.05) is 48.5 Å². The molecule has 10 heteroatoms. The van der Waals surface area contributed by atoms with Crippen molar-refractivity contribution in [1.29, 1.82) is 0 Å². The third-order valence-corrected chi connectivity index (χ3v) is 7.84. The Hall–Kier alpha value is -3.92. The molecule has 9 nitrogen and oxygen atoms in total. The van der Waals surface area contributed by atoms with Gasteiger partial charge in [-0.3, -0.25) is 14.5 Å². The predicted molar refractivity (Wildman–Crippen MR) is 161 cm³/mol. The molecule has 1 saturated heterocycles. The van der Waals surface area contributed by atoms with Crippen LogP contribution in [0.15, 0.2) is 77.9 Å². The van der Waals surface area contributed by atoms with Gasteiger partial charge in [-0.1, -0.05) is 23.7 Å². The minimum atomic E-state index is -0.330. The number of hydrogen-bond donors (Lipinski definition) is 0. The minimum absolute atomic E-state index is 0.112. The van der Waals surface area contributed by atoms with Crippen LogP contribution in [0.5, 0.6) is 11.5 Å². The molecule has 1 atom stereocenters. The average Bonchev–Trinajstić information content (AvgIpc) is 3.49. The molecule has 0 aromatic heterocycles. The third-order valence-electron chi connectivity index (χ3n) is 7.58. The standard InChI is InChI=1S/C32H35ClN4O5/c1-40-27-11-5-23(6-12-27)29-21-30(24-3-9-26(33)10-4-24)37(34-29)31(38)22-36(16-15-35-17-19-42-20-18-35)32(39)25-7-13-28(41-2)14-8-25/h3-14,30H,15-22H2,1-2H3/t30-/m0/s1. The van der Waals surface area contributed by atoms with Crippen LogP contribution in [0.25, 0.3) is 0 Å². The van der Waals surface area contributed by atoms with Crippen LogP contribution in [0.3, 0.4) is 0 Å². The van der Waals surface area contributed by atoms with Crippen LogP contribution in [-0.2, 0) is 9.53 Å². The summed E-state index contributed by atoms with van der Waals surface area (Å²) in [6.07, 6.45) is 0.528. The van der Waals surface area contributed by atoms with Gasteiger partial charge in [-0.2, -0.15) is 5.10 Å². The number of hydrazone groups is 1. The number of carbonyl (C=O) groups excluding carboxylic acids is 2. The fourth-order valence-corrected chi connectivity index (χ4v) is 5.26. The predicted octanol–water partition coefficient (Wildman–Crippen LogP) is 4.51. The SMILES string of the molecule is COc1ccc(C(=O)N(CCN2CCOCC2)CC(=O)N2N=C(c3ccc(OC)cc3)C[C@H]2c2ccc(Cl)cc2)cc1. The smallest absolute Gasteiger partial charge is 0.262 e. The largest absolute Gasteiger partial charge is 0.497 e. The van der Waals surface area contributed by atoms with E-state index in [0.29, 0.717) is 49.1 Å². The average molecular weight is 591 g/mol. The normalized spacial score (nSPS) is 17.1. The van der Waals surface area contributed by atoms with Gasteiger partial charge in [-0.15, -0.1) is 0 Å². The molecule has 0 spiro atoms. The molecule has 2 aliphatic heterocycles. The lowest BCUT2D eigenvalue weighted by Crippen LogP contribution is -2.46. The Labute approximate surface area is 251 Å². The second kappa shape index (κ2) is 13.8. The first kappa shape index (κ1) is 29.6. The van der Waals surface area contributed by atoms with Gasteiger partial charge in [0.1, 0.15) is 18.0 Å². The zero-order chi connectivity index (χ0) is 29.5. The van der Waals surface area contributed by atoms with Gasteiger partial charge >= 0.3 is 0 Å². The molecule has 2 amide bonds. The van der Waals surface area contributed by atoms with E-state index in [0.717, 1.165) is 35.7 Å². The number of rotatable bonds is 10. The van der Waals surface area contributed by atoms with Gasteiger partial charge in [0.15, 0.2) is 0 Å². The van der Waals surface area contributed by atoms with Crippen molar-refractivity contribution in [2.45, 2.75) is 12.5 Å². The quantitative estimate of drug-likeness (QED) is 0.346. The highest BCUT2D eigenvalue weighted by Gasteiger charge is 2.34. The highest BCUT2D eigenvalue weighted by atomic mass is 35.5. The molecule has 220 valence electrons. The number of methoxy groups -OCH3 is 2. The van der Waals surface area contributed by atoms with Gasteiger partial charge in [-0.05, 0) is 71.8 Å². The second-order valence-electron chi connectivity index (χ2n) is 10.2. The van der Waals surface area contributed by atoms with Crippen molar-refractivity contribution in [1.82, 2.24) is 14.8 Å². The zero-order valence-electron chi connectivity index (χ0n) is 23.9. The maximum atomic E-state index is 14.0. The van der Waals surface area contributed by atoms with Crippen molar-refractivity contribution in [3.8, 4) is 11.5 Å². The molecule has 42 heavy (non-hydrogen) atoms. The summed E-state index contributed by atoms with van der Waals surface area (Å²) in [4.78, 5) is 31.6. The zero-order valence-corrected chi connectivity index (χ0v) is 24.6. The molecule has 2 heterocycles. The Morgan fingerprint density at radius 1 is 0.929 bits per heavy atom. The summed E-state index contributed by atoms with van der Waals surface area (Å²) >= 11 is 6.17. The van der Waals surface area contributed by atoms with Gasteiger partial charge in [0.2, 0.25) is 0 Å². The summed E-state index contributed by atoms with van der Waals surface area (Å²) in [5.41, 5.74) is 3.10. The molecule has 0 bridgehead atoms. The summed E-state index contributed by atoms with van der Waals surface area (Å²) in [5, 5.41) is 6.93. The molecule has 5 rings (SSSR count). The van der Waals surface area contributed by atoms with Crippen LogP contribution < -0.4 is 9.47 Å². The lowest BCUT2D eigenvalue weighted by molar-refractivity contribution is -0.133. The fourth-order valence-electron chi connectivity index (χ4n) is 5.13. The molecule has 1 fully saturated rings. The molecular weight excluding hydrogens is 556 g/mol. The van der Waals surface area contributed by atoms with Gasteiger partial charge in [0.05, 0.1) is 39.2 Å². The number of carbonyl (C=O) groups is 2. The summed E-state index contributed by atoms with van der Waals surface area (Å²) in [6, 6.07) is 21.7. The van der Waals surface area contributed by atoms with Gasteiger partial charge in [0.25, 0.3) is 11.8 Å². The van der Waals surface area contributed by atoms with Crippen LogP contribution in [0.2, 0.25) is 5.02 Å². The maximum Gasteiger partial charge on any atom is 0.262 e. The van der Waals surface area contributed by atoms with E-state index in [-0.39, 0.29) is 24.4 Å². The van der Waals surface area contributed by atoms with E-state index in [4.69, 9.17) is 30.9 Å². The fraction of sp³-hybridized carbons (Fsp3) is 0.344. The molecule has 3 aromatic carbocycles. The number of hydrogen-bond acceptors (Lipinski definition) is 7. The molecule has 0 N–H and O–H groups in total. The number of amides is 2. The Bertz CT molecular complexity index is 1390. The molecular formula is C32H35ClN4O5. The molecule has 0 radical (unpaired) electrons. The number of ether oxygens (including phenoxy) is 3. The highest BCUT2D eigenvalue weighted by Crippen LogP contribution is 2.34. The van der Waals surface area contributed by atoms with E-state index < -0.39 is 0 Å². The summed E-state index contributed by atoms with van der Waals surface area (Å²) in [7, 11) is 3.20. The number of halogens is 1. The minimum Gasteiger partial charge on any atom is -0.497 e. The first-order valence-corrected chi connectivity index (χ1v) is 14.4. The highest BCUT2D eigenvalue weighted by molar-refractivity contribution is 6.30. The van der Waals surface area contributed by atoms with Crippen molar-refractivity contribution in [2.75, 3.05) is 60.2 Å². The van der Waals surface area contributed by atoms with Crippen LogP contribution >= 0.6 is 11.6 Å². The third kappa shape index (κ3) is 7.10. The second-order valence-corrected chi connectivity index (χ2v) is 10.6. The maximum absolute atomic E-state index is 14.0. The van der Waals surface area contributed by atoms with E-state index in [2.05, 4.69) is 4.90 Å². The summed E-state index contributed by atoms with van der Waals surface area (Å²) in [6.45, 7) is 3.82. The van der Waals surface area contributed by atoms with Crippen molar-refractivity contribution in [3.63, 3.8) is 0 Å². The van der Waals surface area contributed by atoms with E-state index in [9.17, 15) is 9.59 Å². The molecule has 2 aliphatic rings. The van der Waals surface area contributed by atoms with Crippen LogP contribution in [0, 0.1) is 0 Å². The van der Waals surface area contributed by atoms with Gasteiger partial charge in [-0.25, -0.2) is 5.01 Å². The van der Waals surface area contributed by atoms with Crippen molar-refractivity contribution in [3.05, 3.63) is 94.5 Å². The first-order valence-electron chi connectivity index (χ1n) is 14.0. The number of benzene rings is 3. The van der Waals surface area contributed by atoms with Gasteiger partial charge in [0, 0.05) is 43.2 Å². The van der Waals surface area contributed by atoms with Crippen LogP contribution in [0.1, 0.15) is 33.9 Å². The molecule has 0 unspecified atom stereocenters. The van der Waals surface area contributed by atoms with Crippen molar-refractivity contribution >= 4 is 29.1 Å². The monoisotopic (exact) mass is 590 g/mol. The number of morpholine rings is 1. The lowest BCUT2D eigenvalue weighted by atomic mass is 9.98. The number of nitrogens with zero attached hydrogens (tertiary/aromatic N) is 4. The lowest BCUT2D eigenvalue weighted by Gasteiger charge is -2.31. The summed E-state index contributed by atoms with van der Waals surface area (Å²) in [5.74, 6) is 0.918. The Morgan fingerprint density at radius 3 is 2.17 bits per heavy atom.